The Morgan fingerprint density at radius 2 is 1.96 bits per heavy atom. The summed E-state index contributed by atoms with van der Waals surface area (Å²) in [6.07, 6.45) is 2.92. The molecule has 2 aromatic rings. The van der Waals surface area contributed by atoms with Crippen LogP contribution in [-0.4, -0.2) is 23.3 Å². The molecule has 2 rings (SSSR count). The van der Waals surface area contributed by atoms with Crippen molar-refractivity contribution in [2.24, 2.45) is 0 Å². The molecular weight excluding hydrogens is 334 g/mol. The second-order valence-corrected chi connectivity index (χ2v) is 5.41. The van der Waals surface area contributed by atoms with Crippen LogP contribution in [0.15, 0.2) is 47.9 Å². The van der Waals surface area contributed by atoms with Gasteiger partial charge in [0.25, 0.3) is 17.5 Å². The van der Waals surface area contributed by atoms with Crippen molar-refractivity contribution in [2.75, 3.05) is 6.61 Å². The first-order valence-electron chi connectivity index (χ1n) is 6.72. The minimum absolute atomic E-state index is 0.0726. The van der Waals surface area contributed by atoms with Crippen molar-refractivity contribution >= 4 is 34.9 Å². The number of hydrogen-bond donors (Lipinski definition) is 2. The van der Waals surface area contributed by atoms with Gasteiger partial charge in [0.05, 0.1) is 4.92 Å². The van der Waals surface area contributed by atoms with Gasteiger partial charge in [-0.3, -0.25) is 30.6 Å². The van der Waals surface area contributed by atoms with E-state index in [1.165, 1.54) is 41.7 Å². The summed E-state index contributed by atoms with van der Waals surface area (Å²) in [5.74, 6) is -0.738. The van der Waals surface area contributed by atoms with Crippen molar-refractivity contribution in [1.29, 1.82) is 0 Å². The number of nitrogens with zero attached hydrogens (tertiary/aromatic N) is 1. The van der Waals surface area contributed by atoms with Crippen LogP contribution in [0.2, 0.25) is 0 Å². The second kappa shape index (κ2) is 8.44. The van der Waals surface area contributed by atoms with Gasteiger partial charge in [0, 0.05) is 23.1 Å². The standard InChI is InChI=1S/C15H13N3O5S/c19-14(8-7-13-2-1-9-24-13)16-17-15(20)10-23-12-5-3-11(4-6-12)18(21)22/h1-9H,10H2,(H,16,19)(H,17,20)/b8-7+. The molecule has 1 heterocycles. The van der Waals surface area contributed by atoms with E-state index in [-0.39, 0.29) is 12.3 Å². The predicted molar refractivity (Wildman–Crippen MR) is 88.2 cm³/mol. The SMILES string of the molecule is O=C(/C=C/c1cccs1)NNC(=O)COc1ccc([N+](=O)[O-])cc1. The number of nitrogens with one attached hydrogen (secondary N) is 2. The monoisotopic (exact) mass is 347 g/mol. The Morgan fingerprint density at radius 1 is 1.21 bits per heavy atom. The molecule has 2 amide bonds. The van der Waals surface area contributed by atoms with Crippen LogP contribution in [0.4, 0.5) is 5.69 Å². The zero-order valence-electron chi connectivity index (χ0n) is 12.3. The largest absolute Gasteiger partial charge is 0.484 e. The van der Waals surface area contributed by atoms with Gasteiger partial charge < -0.3 is 4.74 Å². The van der Waals surface area contributed by atoms with Crippen molar-refractivity contribution in [1.82, 2.24) is 10.9 Å². The fraction of sp³-hybridized carbons (Fsp3) is 0.0667. The number of nitro groups is 1. The van der Waals surface area contributed by atoms with Crippen LogP contribution in [0.1, 0.15) is 4.88 Å². The summed E-state index contributed by atoms with van der Waals surface area (Å²) in [4.78, 5) is 33.9. The molecular formula is C15H13N3O5S. The molecule has 0 aliphatic heterocycles. The Hall–Kier alpha value is -3.20. The summed E-state index contributed by atoms with van der Waals surface area (Å²) in [5.41, 5.74) is 4.34. The van der Waals surface area contributed by atoms with Gasteiger partial charge in [0.2, 0.25) is 0 Å². The lowest BCUT2D eigenvalue weighted by atomic mass is 10.3. The van der Waals surface area contributed by atoms with E-state index in [4.69, 9.17) is 4.74 Å². The molecule has 0 saturated heterocycles. The quantitative estimate of drug-likeness (QED) is 0.471. The highest BCUT2D eigenvalue weighted by Gasteiger charge is 2.07. The third-order valence-corrected chi connectivity index (χ3v) is 3.52. The number of ether oxygens (including phenoxy) is 1. The maximum Gasteiger partial charge on any atom is 0.276 e. The summed E-state index contributed by atoms with van der Waals surface area (Å²) in [5, 5.41) is 12.4. The third kappa shape index (κ3) is 5.54. The number of hydrazine groups is 1. The molecule has 0 unspecified atom stereocenters. The zero-order chi connectivity index (χ0) is 17.4. The van der Waals surface area contributed by atoms with Gasteiger partial charge in [-0.1, -0.05) is 6.07 Å². The van der Waals surface area contributed by atoms with Gasteiger partial charge in [-0.2, -0.15) is 0 Å². The number of hydrogen-bond acceptors (Lipinski definition) is 6. The average molecular weight is 347 g/mol. The molecule has 8 nitrogen and oxygen atoms in total. The van der Waals surface area contributed by atoms with Crippen LogP contribution in [0, 0.1) is 10.1 Å². The van der Waals surface area contributed by atoms with Gasteiger partial charge in [-0.05, 0) is 29.7 Å². The lowest BCUT2D eigenvalue weighted by Gasteiger charge is -2.07. The maximum absolute atomic E-state index is 11.5. The molecule has 9 heteroatoms. The highest BCUT2D eigenvalue weighted by molar-refractivity contribution is 7.10. The molecule has 0 fully saturated rings. The number of rotatable bonds is 6. The van der Waals surface area contributed by atoms with Crippen LogP contribution in [0.5, 0.6) is 5.75 Å². The Bertz CT molecular complexity index is 741. The molecule has 1 aromatic carbocycles. The number of non-ortho nitro benzene ring substituents is 1. The molecule has 0 saturated carbocycles. The van der Waals surface area contributed by atoms with Crippen LogP contribution >= 0.6 is 11.3 Å². The normalized spacial score (nSPS) is 10.3. The van der Waals surface area contributed by atoms with E-state index in [1.807, 2.05) is 17.5 Å². The Balaban J connectivity index is 1.71. The van der Waals surface area contributed by atoms with Crippen molar-refractivity contribution in [3.05, 3.63) is 62.8 Å². The number of nitro benzene ring substituents is 1. The van der Waals surface area contributed by atoms with E-state index >= 15 is 0 Å². The fourth-order valence-corrected chi connectivity index (χ4v) is 2.18. The number of benzene rings is 1. The number of carbonyl (C=O) groups excluding carboxylic acids is 2. The summed E-state index contributed by atoms with van der Waals surface area (Å²) < 4.78 is 5.15. The first-order chi connectivity index (χ1) is 11.5. The average Bonchev–Trinajstić information content (AvgIpc) is 3.10. The molecule has 2 N–H and O–H groups in total. The van der Waals surface area contributed by atoms with Crippen LogP contribution < -0.4 is 15.6 Å². The van der Waals surface area contributed by atoms with Crippen molar-refractivity contribution in [3.63, 3.8) is 0 Å². The van der Waals surface area contributed by atoms with Gasteiger partial charge in [-0.25, -0.2) is 0 Å². The molecule has 1 aromatic heterocycles. The van der Waals surface area contributed by atoms with E-state index in [0.717, 1.165) is 4.88 Å². The van der Waals surface area contributed by atoms with Crippen molar-refractivity contribution < 1.29 is 19.2 Å². The van der Waals surface area contributed by atoms with Crippen molar-refractivity contribution in [3.8, 4) is 5.75 Å². The minimum atomic E-state index is -0.564. The van der Waals surface area contributed by atoms with E-state index < -0.39 is 16.7 Å². The maximum atomic E-state index is 11.5. The summed E-state index contributed by atoms with van der Waals surface area (Å²) in [6, 6.07) is 9.01. The summed E-state index contributed by atoms with van der Waals surface area (Å²) >= 11 is 1.48. The molecule has 124 valence electrons. The molecule has 0 bridgehead atoms. The highest BCUT2D eigenvalue weighted by atomic mass is 32.1. The predicted octanol–water partition coefficient (Wildman–Crippen LogP) is 1.90. The lowest BCUT2D eigenvalue weighted by molar-refractivity contribution is -0.384. The Morgan fingerprint density at radius 3 is 2.58 bits per heavy atom. The summed E-state index contributed by atoms with van der Waals surface area (Å²) in [7, 11) is 0. The second-order valence-electron chi connectivity index (χ2n) is 4.43. The van der Waals surface area contributed by atoms with Gasteiger partial charge in [0.15, 0.2) is 6.61 Å². The topological polar surface area (TPSA) is 111 Å². The highest BCUT2D eigenvalue weighted by Crippen LogP contribution is 2.17. The molecule has 0 spiro atoms. The number of amides is 2. The summed E-state index contributed by atoms with van der Waals surface area (Å²) in [6.45, 7) is -0.341. The van der Waals surface area contributed by atoms with Crippen LogP contribution in [0.25, 0.3) is 6.08 Å². The molecule has 0 aliphatic rings. The van der Waals surface area contributed by atoms with Crippen LogP contribution in [-0.2, 0) is 9.59 Å². The molecule has 0 radical (unpaired) electrons. The third-order valence-electron chi connectivity index (χ3n) is 2.68. The number of carbonyl (C=O) groups is 2. The van der Waals surface area contributed by atoms with Gasteiger partial charge in [-0.15, -0.1) is 11.3 Å². The number of thiophene rings is 1. The van der Waals surface area contributed by atoms with E-state index in [9.17, 15) is 19.7 Å². The van der Waals surface area contributed by atoms with Crippen molar-refractivity contribution in [2.45, 2.75) is 0 Å². The minimum Gasteiger partial charge on any atom is -0.484 e. The fourth-order valence-electron chi connectivity index (χ4n) is 1.57. The zero-order valence-corrected chi connectivity index (χ0v) is 13.1. The smallest absolute Gasteiger partial charge is 0.276 e. The molecule has 0 aliphatic carbocycles. The van der Waals surface area contributed by atoms with Crippen LogP contribution in [0.3, 0.4) is 0 Å². The van der Waals surface area contributed by atoms with Gasteiger partial charge in [0.1, 0.15) is 5.75 Å². The Labute approximate surface area is 140 Å². The molecule has 24 heavy (non-hydrogen) atoms. The first kappa shape index (κ1) is 17.2. The van der Waals surface area contributed by atoms with Gasteiger partial charge >= 0.3 is 0 Å². The van der Waals surface area contributed by atoms with E-state index in [0.29, 0.717) is 5.75 Å². The lowest BCUT2D eigenvalue weighted by Crippen LogP contribution is -2.43. The first-order valence-corrected chi connectivity index (χ1v) is 7.60. The Kier molecular flexibility index (Phi) is 6.03. The van der Waals surface area contributed by atoms with E-state index in [1.54, 1.807) is 6.08 Å². The van der Waals surface area contributed by atoms with E-state index in [2.05, 4.69) is 10.9 Å². The molecule has 0 atom stereocenters.